The average molecular weight is 276 g/mol. The van der Waals surface area contributed by atoms with Crippen molar-refractivity contribution < 1.29 is 14.6 Å². The lowest BCUT2D eigenvalue weighted by Crippen LogP contribution is -2.26. The quantitative estimate of drug-likeness (QED) is 0.839. The van der Waals surface area contributed by atoms with E-state index >= 15 is 0 Å². The largest absolute Gasteiger partial charge is 0.506 e. The van der Waals surface area contributed by atoms with Crippen LogP contribution >= 0.6 is 0 Å². The summed E-state index contributed by atoms with van der Waals surface area (Å²) in [5.74, 6) is -1.21. The molecule has 2 heterocycles. The number of hydrogen-bond donors (Lipinski definition) is 1. The molecule has 106 valence electrons. The van der Waals surface area contributed by atoms with Crippen molar-refractivity contribution >= 4 is 17.0 Å². The molecule has 0 saturated carbocycles. The van der Waals surface area contributed by atoms with Gasteiger partial charge in [-0.05, 0) is 32.4 Å². The van der Waals surface area contributed by atoms with Crippen LogP contribution in [-0.4, -0.2) is 27.2 Å². The van der Waals surface area contributed by atoms with Gasteiger partial charge >= 0.3 is 5.97 Å². The van der Waals surface area contributed by atoms with Crippen molar-refractivity contribution in [1.82, 2.24) is 9.55 Å². The summed E-state index contributed by atoms with van der Waals surface area (Å²) in [5, 5.41) is 10.6. The summed E-state index contributed by atoms with van der Waals surface area (Å²) < 4.78 is 6.06. The number of carbonyl (C=O) groups excluding carboxylic acids is 1. The number of fused-ring (bicyclic) bond motifs is 1. The van der Waals surface area contributed by atoms with Crippen molar-refractivity contribution in [3.63, 3.8) is 0 Å². The third-order valence-electron chi connectivity index (χ3n) is 3.25. The smallest absolute Gasteiger partial charge is 0.347 e. The van der Waals surface area contributed by atoms with E-state index in [-0.39, 0.29) is 17.9 Å². The van der Waals surface area contributed by atoms with Gasteiger partial charge < -0.3 is 9.84 Å². The predicted octanol–water partition coefficient (Wildman–Crippen LogP) is 1.43. The first-order valence-corrected chi connectivity index (χ1v) is 6.25. The van der Waals surface area contributed by atoms with E-state index in [1.165, 1.54) is 11.6 Å². The maximum absolute atomic E-state index is 12.2. The van der Waals surface area contributed by atoms with Crippen LogP contribution in [0.25, 0.3) is 11.0 Å². The standard InChI is InChI=1S/C14H16N2O4/c1-5-20-14(19)10-11(17)9-6-7(2)8(3)15-12(9)16(4)13(10)18/h6,17H,5H2,1-4H3. The van der Waals surface area contributed by atoms with E-state index < -0.39 is 11.5 Å². The van der Waals surface area contributed by atoms with Gasteiger partial charge in [-0.2, -0.15) is 0 Å². The average Bonchev–Trinajstić information content (AvgIpc) is 2.39. The van der Waals surface area contributed by atoms with E-state index in [0.717, 1.165) is 11.3 Å². The molecule has 0 aliphatic carbocycles. The molecule has 1 N–H and O–H groups in total. The minimum absolute atomic E-state index is 0.130. The Morgan fingerprint density at radius 1 is 1.45 bits per heavy atom. The number of rotatable bonds is 2. The van der Waals surface area contributed by atoms with E-state index in [1.807, 2.05) is 13.8 Å². The van der Waals surface area contributed by atoms with Gasteiger partial charge in [-0.25, -0.2) is 9.78 Å². The topological polar surface area (TPSA) is 81.4 Å². The molecule has 0 amide bonds. The fraction of sp³-hybridized carbons (Fsp3) is 0.357. The highest BCUT2D eigenvalue weighted by atomic mass is 16.5. The van der Waals surface area contributed by atoms with Gasteiger partial charge in [-0.1, -0.05) is 0 Å². The molecule has 0 aliphatic heterocycles. The van der Waals surface area contributed by atoms with Crippen molar-refractivity contribution in [2.75, 3.05) is 6.61 Å². The number of esters is 1. The third-order valence-corrected chi connectivity index (χ3v) is 3.25. The highest BCUT2D eigenvalue weighted by Gasteiger charge is 2.23. The molecule has 0 spiro atoms. The summed E-state index contributed by atoms with van der Waals surface area (Å²) in [6.07, 6.45) is 0. The van der Waals surface area contributed by atoms with Gasteiger partial charge in [0.25, 0.3) is 5.56 Å². The van der Waals surface area contributed by atoms with Gasteiger partial charge in [0.2, 0.25) is 0 Å². The van der Waals surface area contributed by atoms with Crippen LogP contribution in [0, 0.1) is 13.8 Å². The number of carbonyl (C=O) groups is 1. The van der Waals surface area contributed by atoms with Crippen LogP contribution in [0.5, 0.6) is 5.75 Å². The molecular weight excluding hydrogens is 260 g/mol. The molecule has 6 heteroatoms. The summed E-state index contributed by atoms with van der Waals surface area (Å²) >= 11 is 0. The van der Waals surface area contributed by atoms with Gasteiger partial charge in [-0.3, -0.25) is 9.36 Å². The van der Waals surface area contributed by atoms with Gasteiger partial charge in [-0.15, -0.1) is 0 Å². The van der Waals surface area contributed by atoms with Crippen molar-refractivity contribution in [3.8, 4) is 5.75 Å². The SMILES string of the molecule is CCOC(=O)c1c(O)c2cc(C)c(C)nc2n(C)c1=O. The second-order valence-corrected chi connectivity index (χ2v) is 4.57. The summed E-state index contributed by atoms with van der Waals surface area (Å²) in [7, 11) is 1.51. The number of aryl methyl sites for hydroxylation is 3. The summed E-state index contributed by atoms with van der Waals surface area (Å²) in [6, 6.07) is 1.70. The number of pyridine rings is 2. The minimum atomic E-state index is -0.828. The fourth-order valence-corrected chi connectivity index (χ4v) is 2.01. The zero-order valence-electron chi connectivity index (χ0n) is 11.9. The lowest BCUT2D eigenvalue weighted by atomic mass is 10.1. The highest BCUT2D eigenvalue weighted by molar-refractivity contribution is 5.98. The Morgan fingerprint density at radius 3 is 2.70 bits per heavy atom. The highest BCUT2D eigenvalue weighted by Crippen LogP contribution is 2.27. The van der Waals surface area contributed by atoms with Crippen LogP contribution in [0.4, 0.5) is 0 Å². The molecule has 0 aromatic carbocycles. The maximum Gasteiger partial charge on any atom is 0.347 e. The molecule has 0 aliphatic rings. The van der Waals surface area contributed by atoms with Crippen molar-refractivity contribution in [3.05, 3.63) is 33.2 Å². The van der Waals surface area contributed by atoms with Crippen LogP contribution < -0.4 is 5.56 Å². The van der Waals surface area contributed by atoms with E-state index in [9.17, 15) is 14.7 Å². The number of aromatic hydroxyl groups is 1. The number of nitrogens with zero attached hydrogens (tertiary/aromatic N) is 2. The summed E-state index contributed by atoms with van der Waals surface area (Å²) in [6.45, 7) is 5.42. The second kappa shape index (κ2) is 4.96. The first-order chi connectivity index (χ1) is 9.38. The Bertz CT molecular complexity index is 762. The van der Waals surface area contributed by atoms with Gasteiger partial charge in [0.1, 0.15) is 11.4 Å². The van der Waals surface area contributed by atoms with Gasteiger partial charge in [0.15, 0.2) is 5.56 Å². The lowest BCUT2D eigenvalue weighted by molar-refractivity contribution is 0.0520. The van der Waals surface area contributed by atoms with Gasteiger partial charge in [0, 0.05) is 12.7 Å². The molecule has 0 atom stereocenters. The first kappa shape index (κ1) is 14.0. The Balaban J connectivity index is 2.89. The van der Waals surface area contributed by atoms with Crippen LogP contribution in [0.15, 0.2) is 10.9 Å². The zero-order valence-corrected chi connectivity index (χ0v) is 11.9. The molecule has 20 heavy (non-hydrogen) atoms. The Labute approximate surface area is 115 Å². The van der Waals surface area contributed by atoms with Crippen LogP contribution in [0.3, 0.4) is 0 Å². The summed E-state index contributed by atoms with van der Waals surface area (Å²) in [5.41, 5.74) is 0.983. The molecule has 2 aromatic heterocycles. The van der Waals surface area contributed by atoms with E-state index in [1.54, 1.807) is 13.0 Å². The fourth-order valence-electron chi connectivity index (χ4n) is 2.01. The Hall–Kier alpha value is -2.37. The monoisotopic (exact) mass is 276 g/mol. The maximum atomic E-state index is 12.2. The predicted molar refractivity (Wildman–Crippen MR) is 74.1 cm³/mol. The number of hydrogen-bond acceptors (Lipinski definition) is 5. The second-order valence-electron chi connectivity index (χ2n) is 4.57. The molecule has 0 unspecified atom stereocenters. The van der Waals surface area contributed by atoms with Gasteiger partial charge in [0.05, 0.1) is 12.0 Å². The summed E-state index contributed by atoms with van der Waals surface area (Å²) in [4.78, 5) is 28.3. The minimum Gasteiger partial charge on any atom is -0.506 e. The van der Waals surface area contributed by atoms with Crippen LogP contribution in [0.2, 0.25) is 0 Å². The van der Waals surface area contributed by atoms with E-state index in [4.69, 9.17) is 4.74 Å². The van der Waals surface area contributed by atoms with Crippen molar-refractivity contribution in [2.24, 2.45) is 7.05 Å². The Kier molecular flexibility index (Phi) is 3.48. The first-order valence-electron chi connectivity index (χ1n) is 6.25. The molecule has 0 saturated heterocycles. The van der Waals surface area contributed by atoms with Crippen LogP contribution in [0.1, 0.15) is 28.5 Å². The molecule has 6 nitrogen and oxygen atoms in total. The normalized spacial score (nSPS) is 10.8. The van der Waals surface area contributed by atoms with E-state index in [0.29, 0.717) is 11.0 Å². The lowest BCUT2D eigenvalue weighted by Gasteiger charge is -2.12. The van der Waals surface area contributed by atoms with E-state index in [2.05, 4.69) is 4.98 Å². The zero-order chi connectivity index (χ0) is 15.0. The molecular formula is C14H16N2O4. The third kappa shape index (κ3) is 2.03. The molecule has 0 fully saturated rings. The molecule has 0 radical (unpaired) electrons. The number of aromatic nitrogens is 2. The molecule has 2 rings (SSSR count). The van der Waals surface area contributed by atoms with Crippen molar-refractivity contribution in [1.29, 1.82) is 0 Å². The molecule has 2 aromatic rings. The Morgan fingerprint density at radius 2 is 2.10 bits per heavy atom. The van der Waals surface area contributed by atoms with Crippen molar-refractivity contribution in [2.45, 2.75) is 20.8 Å². The molecule has 0 bridgehead atoms. The van der Waals surface area contributed by atoms with Crippen LogP contribution in [-0.2, 0) is 11.8 Å². The number of ether oxygens (including phenoxy) is 1.